The summed E-state index contributed by atoms with van der Waals surface area (Å²) in [5, 5.41) is 14.5. The summed E-state index contributed by atoms with van der Waals surface area (Å²) in [6, 6.07) is 15.3. The standard InChI is InChI=1S/C31H35N3O7/c1-20-26(30(36)40-3)28(24-11-7-12-25(19-24)34(38)39)27(21(2)32-20)31(37)41-18-8-15-33-16-13-23(14-17-33)29(35)22-9-5-4-6-10-22/h4-7,9-12,19,23,28,32H,8,13-18H2,1-3H3. The number of carbonyl (C=O) groups excluding carboxylic acids is 3. The zero-order chi connectivity index (χ0) is 29.5. The second kappa shape index (κ2) is 13.4. The Balaban J connectivity index is 1.38. The summed E-state index contributed by atoms with van der Waals surface area (Å²) in [6.07, 6.45) is 2.18. The first-order valence-corrected chi connectivity index (χ1v) is 13.7. The fourth-order valence-electron chi connectivity index (χ4n) is 5.58. The molecule has 0 saturated carbocycles. The highest BCUT2D eigenvalue weighted by atomic mass is 16.6. The molecule has 216 valence electrons. The third-order valence-corrected chi connectivity index (χ3v) is 7.67. The van der Waals surface area contributed by atoms with Crippen LogP contribution in [0.15, 0.2) is 77.1 Å². The Morgan fingerprint density at radius 2 is 1.63 bits per heavy atom. The van der Waals surface area contributed by atoms with Crippen LogP contribution in [-0.4, -0.2) is 60.9 Å². The monoisotopic (exact) mass is 561 g/mol. The molecule has 1 atom stereocenters. The molecule has 0 radical (unpaired) electrons. The lowest BCUT2D eigenvalue weighted by atomic mass is 9.80. The normalized spacial score (nSPS) is 18.1. The molecule has 1 fully saturated rings. The summed E-state index contributed by atoms with van der Waals surface area (Å²) >= 11 is 0. The minimum atomic E-state index is -0.891. The Morgan fingerprint density at radius 1 is 0.976 bits per heavy atom. The number of ether oxygens (including phenoxy) is 2. The molecule has 2 aromatic carbocycles. The molecule has 10 heteroatoms. The van der Waals surface area contributed by atoms with E-state index >= 15 is 0 Å². The van der Waals surface area contributed by atoms with E-state index in [1.807, 2.05) is 30.3 Å². The molecular formula is C31H35N3O7. The van der Waals surface area contributed by atoms with Gasteiger partial charge in [-0.3, -0.25) is 14.9 Å². The molecule has 0 spiro atoms. The number of Topliss-reactive ketones (excluding diaryl/α,β-unsaturated/α-hetero) is 1. The predicted octanol–water partition coefficient (Wildman–Crippen LogP) is 4.53. The second-order valence-corrected chi connectivity index (χ2v) is 10.3. The van der Waals surface area contributed by atoms with E-state index in [-0.39, 0.29) is 35.1 Å². The van der Waals surface area contributed by atoms with E-state index in [1.165, 1.54) is 25.3 Å². The van der Waals surface area contributed by atoms with Crippen molar-refractivity contribution in [2.45, 2.75) is 39.0 Å². The average molecular weight is 562 g/mol. The maximum absolute atomic E-state index is 13.4. The van der Waals surface area contributed by atoms with Crippen LogP contribution in [0, 0.1) is 16.0 Å². The van der Waals surface area contributed by atoms with Gasteiger partial charge >= 0.3 is 11.9 Å². The number of allylic oxidation sites excluding steroid dienone is 2. The first-order valence-electron chi connectivity index (χ1n) is 13.7. The highest BCUT2D eigenvalue weighted by Gasteiger charge is 2.38. The number of nitrogens with one attached hydrogen (secondary N) is 1. The van der Waals surface area contributed by atoms with Gasteiger partial charge in [0.15, 0.2) is 5.78 Å². The topological polar surface area (TPSA) is 128 Å². The first kappa shape index (κ1) is 29.7. The number of ketones is 1. The van der Waals surface area contributed by atoms with Crippen molar-refractivity contribution in [3.05, 3.63) is 98.4 Å². The molecule has 1 saturated heterocycles. The number of nitro groups is 1. The fourth-order valence-corrected chi connectivity index (χ4v) is 5.58. The molecule has 1 unspecified atom stereocenters. The van der Waals surface area contributed by atoms with Crippen molar-refractivity contribution in [1.29, 1.82) is 0 Å². The van der Waals surface area contributed by atoms with Crippen LogP contribution < -0.4 is 5.32 Å². The van der Waals surface area contributed by atoms with Crippen molar-refractivity contribution in [3.63, 3.8) is 0 Å². The van der Waals surface area contributed by atoms with Crippen molar-refractivity contribution in [2.24, 2.45) is 5.92 Å². The lowest BCUT2D eigenvalue weighted by Gasteiger charge is -2.31. The molecule has 0 aliphatic carbocycles. The lowest BCUT2D eigenvalue weighted by molar-refractivity contribution is -0.384. The van der Waals surface area contributed by atoms with E-state index in [2.05, 4.69) is 10.2 Å². The van der Waals surface area contributed by atoms with Crippen molar-refractivity contribution < 1.29 is 28.8 Å². The SMILES string of the molecule is COC(=O)C1=C(C)NC(C)=C(C(=O)OCCCN2CCC(C(=O)c3ccccc3)CC2)C1c1cccc([N+](=O)[O-])c1. The zero-order valence-electron chi connectivity index (χ0n) is 23.6. The molecule has 2 aliphatic rings. The number of hydrogen-bond donors (Lipinski definition) is 1. The number of likely N-dealkylation sites (tertiary alicyclic amines) is 1. The van der Waals surface area contributed by atoms with Crippen molar-refractivity contribution in [2.75, 3.05) is 33.4 Å². The summed E-state index contributed by atoms with van der Waals surface area (Å²) in [5.74, 6) is -1.92. The molecule has 2 heterocycles. The molecule has 2 aromatic rings. The van der Waals surface area contributed by atoms with Crippen molar-refractivity contribution in [1.82, 2.24) is 10.2 Å². The summed E-state index contributed by atoms with van der Waals surface area (Å²) in [4.78, 5) is 52.1. The number of dihydropyridines is 1. The molecule has 0 amide bonds. The van der Waals surface area contributed by atoms with Gasteiger partial charge in [0.1, 0.15) is 0 Å². The minimum absolute atomic E-state index is 0.0199. The van der Waals surface area contributed by atoms with Gasteiger partial charge in [-0.2, -0.15) is 0 Å². The molecular weight excluding hydrogens is 526 g/mol. The third-order valence-electron chi connectivity index (χ3n) is 7.67. The molecule has 1 N–H and O–H groups in total. The number of nitrogens with zero attached hydrogens (tertiary/aromatic N) is 2. The quantitative estimate of drug-likeness (QED) is 0.146. The highest BCUT2D eigenvalue weighted by molar-refractivity contribution is 6.00. The van der Waals surface area contributed by atoms with E-state index in [0.717, 1.165) is 38.0 Å². The number of carbonyl (C=O) groups is 3. The summed E-state index contributed by atoms with van der Waals surface area (Å²) < 4.78 is 10.7. The highest BCUT2D eigenvalue weighted by Crippen LogP contribution is 2.40. The number of non-ortho nitro benzene ring substituents is 1. The zero-order valence-corrected chi connectivity index (χ0v) is 23.6. The van der Waals surface area contributed by atoms with E-state index in [4.69, 9.17) is 9.47 Å². The van der Waals surface area contributed by atoms with E-state index < -0.39 is 22.8 Å². The molecule has 2 aliphatic heterocycles. The maximum Gasteiger partial charge on any atom is 0.336 e. The number of benzene rings is 2. The second-order valence-electron chi connectivity index (χ2n) is 10.3. The van der Waals surface area contributed by atoms with Crippen molar-refractivity contribution >= 4 is 23.4 Å². The van der Waals surface area contributed by atoms with Crippen LogP contribution >= 0.6 is 0 Å². The smallest absolute Gasteiger partial charge is 0.336 e. The molecule has 0 aromatic heterocycles. The van der Waals surface area contributed by atoms with Gasteiger partial charge in [0.2, 0.25) is 0 Å². The van der Waals surface area contributed by atoms with Crippen LogP contribution in [0.2, 0.25) is 0 Å². The van der Waals surface area contributed by atoms with Crippen LogP contribution in [0.5, 0.6) is 0 Å². The van der Waals surface area contributed by atoms with Crippen LogP contribution in [0.1, 0.15) is 54.9 Å². The van der Waals surface area contributed by atoms with Gasteiger partial charge in [0.05, 0.1) is 35.7 Å². The summed E-state index contributed by atoms with van der Waals surface area (Å²) in [7, 11) is 1.25. The number of nitro benzene ring substituents is 1. The fraction of sp³-hybridized carbons (Fsp3) is 0.387. The number of esters is 2. The van der Waals surface area contributed by atoms with Gasteiger partial charge in [-0.25, -0.2) is 9.59 Å². The molecule has 10 nitrogen and oxygen atoms in total. The van der Waals surface area contributed by atoms with Crippen LogP contribution in [0.4, 0.5) is 5.69 Å². The van der Waals surface area contributed by atoms with Crippen LogP contribution in [-0.2, 0) is 19.1 Å². The first-order chi connectivity index (χ1) is 19.7. The summed E-state index contributed by atoms with van der Waals surface area (Å²) in [6.45, 7) is 5.88. The molecule has 0 bridgehead atoms. The Kier molecular flexibility index (Phi) is 9.67. The molecule has 41 heavy (non-hydrogen) atoms. The van der Waals surface area contributed by atoms with Gasteiger partial charge in [-0.05, 0) is 51.8 Å². The average Bonchev–Trinajstić information content (AvgIpc) is 2.99. The van der Waals surface area contributed by atoms with Gasteiger partial charge in [0.25, 0.3) is 5.69 Å². The Labute approximate surface area is 239 Å². The largest absolute Gasteiger partial charge is 0.466 e. The van der Waals surface area contributed by atoms with Crippen LogP contribution in [0.3, 0.4) is 0 Å². The minimum Gasteiger partial charge on any atom is -0.466 e. The number of hydrogen-bond acceptors (Lipinski definition) is 9. The lowest BCUT2D eigenvalue weighted by Crippen LogP contribution is -2.37. The molecule has 4 rings (SSSR count). The van der Waals surface area contributed by atoms with Gasteiger partial charge in [-0.1, -0.05) is 42.5 Å². The number of rotatable bonds is 10. The van der Waals surface area contributed by atoms with Crippen LogP contribution in [0.25, 0.3) is 0 Å². The Bertz CT molecular complexity index is 1380. The Hall–Kier alpha value is -4.31. The maximum atomic E-state index is 13.4. The van der Waals surface area contributed by atoms with E-state index in [0.29, 0.717) is 23.4 Å². The van der Waals surface area contributed by atoms with Gasteiger partial charge < -0.3 is 19.7 Å². The van der Waals surface area contributed by atoms with Gasteiger partial charge in [-0.15, -0.1) is 0 Å². The summed E-state index contributed by atoms with van der Waals surface area (Å²) in [5.41, 5.74) is 2.42. The van der Waals surface area contributed by atoms with E-state index in [1.54, 1.807) is 19.9 Å². The van der Waals surface area contributed by atoms with Gasteiger partial charge in [0, 0.05) is 41.6 Å². The predicted molar refractivity (Wildman–Crippen MR) is 152 cm³/mol. The van der Waals surface area contributed by atoms with Crippen molar-refractivity contribution in [3.8, 4) is 0 Å². The number of methoxy groups -OCH3 is 1. The third kappa shape index (κ3) is 6.89. The van der Waals surface area contributed by atoms with E-state index in [9.17, 15) is 24.5 Å². The Morgan fingerprint density at radius 3 is 2.27 bits per heavy atom. The number of piperidine rings is 1.